The average Bonchev–Trinajstić information content (AvgIpc) is 3.14. The van der Waals surface area contributed by atoms with E-state index in [2.05, 4.69) is 5.32 Å². The first-order valence-corrected chi connectivity index (χ1v) is 18.2. The Kier molecular flexibility index (Phi) is 13.8. The van der Waals surface area contributed by atoms with Gasteiger partial charge in [0.15, 0.2) is 11.5 Å². The first-order valence-electron chi connectivity index (χ1n) is 16.0. The van der Waals surface area contributed by atoms with Crippen molar-refractivity contribution in [2.45, 2.75) is 37.2 Å². The van der Waals surface area contributed by atoms with Crippen LogP contribution in [0.25, 0.3) is 0 Å². The molecule has 272 valence electrons. The largest absolute Gasteiger partial charge is 0.497 e. The van der Waals surface area contributed by atoms with Crippen molar-refractivity contribution in [1.29, 1.82) is 0 Å². The van der Waals surface area contributed by atoms with E-state index >= 15 is 0 Å². The van der Waals surface area contributed by atoms with E-state index in [1.165, 1.54) is 63.7 Å². The van der Waals surface area contributed by atoms with Crippen LogP contribution < -0.4 is 28.6 Å². The van der Waals surface area contributed by atoms with Crippen molar-refractivity contribution in [1.82, 2.24) is 10.2 Å². The molecule has 0 aliphatic rings. The number of methoxy groups -OCH3 is 4. The summed E-state index contributed by atoms with van der Waals surface area (Å²) in [4.78, 5) is 29.9. The van der Waals surface area contributed by atoms with Crippen LogP contribution in [0.2, 0.25) is 10.0 Å². The van der Waals surface area contributed by atoms with E-state index in [-0.39, 0.29) is 45.1 Å². The number of nitrogens with zero attached hydrogens (tertiary/aromatic N) is 2. The predicted octanol–water partition coefficient (Wildman–Crippen LogP) is 6.39. The van der Waals surface area contributed by atoms with Crippen LogP contribution >= 0.6 is 23.2 Å². The summed E-state index contributed by atoms with van der Waals surface area (Å²) in [7, 11) is 1.09. The number of nitrogens with one attached hydrogen (secondary N) is 1. The van der Waals surface area contributed by atoms with Gasteiger partial charge in [-0.05, 0) is 48.4 Å². The third-order valence-corrected chi connectivity index (χ3v) is 10.6. The molecule has 0 aliphatic heterocycles. The molecule has 0 saturated carbocycles. The van der Waals surface area contributed by atoms with Crippen molar-refractivity contribution in [2.24, 2.45) is 0 Å². The van der Waals surface area contributed by atoms with Crippen LogP contribution in [0, 0.1) is 0 Å². The quantitative estimate of drug-likeness (QED) is 0.132. The number of hydrogen-bond acceptors (Lipinski definition) is 8. The Balaban J connectivity index is 1.92. The highest BCUT2D eigenvalue weighted by atomic mass is 35.5. The summed E-state index contributed by atoms with van der Waals surface area (Å²) in [5.41, 5.74) is 1.19. The van der Waals surface area contributed by atoms with Gasteiger partial charge in [0.2, 0.25) is 11.8 Å². The first kappa shape index (κ1) is 39.1. The van der Waals surface area contributed by atoms with Crippen molar-refractivity contribution in [3.05, 3.63) is 106 Å². The Morgan fingerprint density at radius 1 is 0.784 bits per heavy atom. The van der Waals surface area contributed by atoms with Gasteiger partial charge in [-0.15, -0.1) is 0 Å². The zero-order valence-corrected chi connectivity index (χ0v) is 31.3. The highest BCUT2D eigenvalue weighted by Gasteiger charge is 2.36. The van der Waals surface area contributed by atoms with E-state index in [4.69, 9.17) is 42.1 Å². The van der Waals surface area contributed by atoms with E-state index in [0.717, 1.165) is 9.87 Å². The normalized spacial score (nSPS) is 11.7. The molecule has 0 radical (unpaired) electrons. The second kappa shape index (κ2) is 18.0. The number of ether oxygens (including phenoxy) is 4. The highest BCUT2D eigenvalue weighted by Crippen LogP contribution is 2.38. The molecule has 51 heavy (non-hydrogen) atoms. The molecular formula is C37H41Cl2N3O8S. The second-order valence-corrected chi connectivity index (χ2v) is 14.0. The SMILES string of the molecule is CCCNC(=O)[C@@H](Cc1ccccc1)N(Cc1c(Cl)cccc1Cl)C(=O)CN(c1cc(OC)ccc1OC)S(=O)(=O)c1ccc(OC)c(OC)c1. The van der Waals surface area contributed by atoms with Gasteiger partial charge >= 0.3 is 0 Å². The highest BCUT2D eigenvalue weighted by molar-refractivity contribution is 7.92. The Labute approximate surface area is 309 Å². The van der Waals surface area contributed by atoms with Gasteiger partial charge in [0, 0.05) is 47.3 Å². The predicted molar refractivity (Wildman–Crippen MR) is 198 cm³/mol. The van der Waals surface area contributed by atoms with Gasteiger partial charge in [-0.25, -0.2) is 8.42 Å². The number of sulfonamides is 1. The van der Waals surface area contributed by atoms with Gasteiger partial charge in [-0.2, -0.15) is 0 Å². The number of amides is 2. The summed E-state index contributed by atoms with van der Waals surface area (Å²) in [5, 5.41) is 3.46. The lowest BCUT2D eigenvalue weighted by molar-refractivity contribution is -0.140. The molecule has 1 atom stereocenters. The molecule has 1 N–H and O–H groups in total. The van der Waals surface area contributed by atoms with Gasteiger partial charge in [-0.1, -0.05) is 66.5 Å². The van der Waals surface area contributed by atoms with Crippen LogP contribution in [-0.2, 0) is 32.6 Å². The number of carbonyl (C=O) groups is 2. The third kappa shape index (κ3) is 9.37. The summed E-state index contributed by atoms with van der Waals surface area (Å²) in [6, 6.07) is 21.7. The van der Waals surface area contributed by atoms with Crippen LogP contribution in [0.15, 0.2) is 89.8 Å². The Hall–Kier alpha value is -4.65. The Bertz CT molecular complexity index is 1910. The van der Waals surface area contributed by atoms with Crippen LogP contribution in [-0.4, -0.2) is 72.7 Å². The van der Waals surface area contributed by atoms with Crippen molar-refractivity contribution < 1.29 is 37.0 Å². The molecule has 0 spiro atoms. The average molecular weight is 759 g/mol. The van der Waals surface area contributed by atoms with Gasteiger partial charge in [0.05, 0.1) is 39.0 Å². The van der Waals surface area contributed by atoms with E-state index < -0.39 is 34.4 Å². The molecule has 0 aliphatic carbocycles. The van der Waals surface area contributed by atoms with Gasteiger partial charge in [0.1, 0.15) is 24.1 Å². The minimum Gasteiger partial charge on any atom is -0.497 e. The summed E-state index contributed by atoms with van der Waals surface area (Å²) >= 11 is 13.2. The van der Waals surface area contributed by atoms with E-state index in [1.54, 1.807) is 24.3 Å². The number of carbonyl (C=O) groups excluding carboxylic acids is 2. The first-order chi connectivity index (χ1) is 24.5. The van der Waals surface area contributed by atoms with E-state index in [0.29, 0.717) is 30.0 Å². The molecular weight excluding hydrogens is 717 g/mol. The number of benzene rings is 4. The molecule has 0 fully saturated rings. The zero-order chi connectivity index (χ0) is 37.1. The molecule has 2 amide bonds. The van der Waals surface area contributed by atoms with Gasteiger partial charge in [-0.3, -0.25) is 13.9 Å². The maximum absolute atomic E-state index is 14.9. The van der Waals surface area contributed by atoms with E-state index in [1.807, 2.05) is 37.3 Å². The summed E-state index contributed by atoms with van der Waals surface area (Å²) in [6.07, 6.45) is 0.774. The molecule has 11 nitrogen and oxygen atoms in total. The monoisotopic (exact) mass is 757 g/mol. The fraction of sp³-hybridized carbons (Fsp3) is 0.297. The second-order valence-electron chi connectivity index (χ2n) is 11.3. The summed E-state index contributed by atoms with van der Waals surface area (Å²) < 4.78 is 52.0. The molecule has 0 aromatic heterocycles. The van der Waals surface area contributed by atoms with Crippen LogP contribution in [0.1, 0.15) is 24.5 Å². The summed E-state index contributed by atoms with van der Waals surface area (Å²) in [5.74, 6) is -0.213. The molecule has 4 rings (SSSR count). The maximum atomic E-state index is 14.9. The Morgan fingerprint density at radius 2 is 1.43 bits per heavy atom. The smallest absolute Gasteiger partial charge is 0.265 e. The number of rotatable bonds is 17. The molecule has 14 heteroatoms. The van der Waals surface area contributed by atoms with Crippen molar-refractivity contribution in [3.8, 4) is 23.0 Å². The number of halogens is 2. The lowest BCUT2D eigenvalue weighted by Crippen LogP contribution is -2.53. The van der Waals surface area contributed by atoms with Crippen LogP contribution in [0.4, 0.5) is 5.69 Å². The fourth-order valence-electron chi connectivity index (χ4n) is 5.38. The van der Waals surface area contributed by atoms with Crippen LogP contribution in [0.5, 0.6) is 23.0 Å². The number of hydrogen-bond donors (Lipinski definition) is 1. The Morgan fingerprint density at radius 3 is 2.04 bits per heavy atom. The lowest BCUT2D eigenvalue weighted by atomic mass is 10.0. The fourth-order valence-corrected chi connectivity index (χ4v) is 7.33. The molecule has 0 bridgehead atoms. The van der Waals surface area contributed by atoms with Gasteiger partial charge in [0.25, 0.3) is 10.0 Å². The van der Waals surface area contributed by atoms with Crippen molar-refractivity contribution >= 4 is 50.7 Å². The van der Waals surface area contributed by atoms with Crippen molar-refractivity contribution in [2.75, 3.05) is 45.8 Å². The molecule has 0 saturated heterocycles. The maximum Gasteiger partial charge on any atom is 0.265 e. The minimum atomic E-state index is -4.54. The third-order valence-electron chi connectivity index (χ3n) is 8.09. The lowest BCUT2D eigenvalue weighted by Gasteiger charge is -2.34. The molecule has 0 unspecified atom stereocenters. The topological polar surface area (TPSA) is 124 Å². The number of anilines is 1. The van der Waals surface area contributed by atoms with Crippen molar-refractivity contribution in [3.63, 3.8) is 0 Å². The molecule has 0 heterocycles. The standard InChI is InChI=1S/C37H41Cl2N3O8S/c1-6-19-40-37(44)32(20-25-11-8-7-9-12-25)41(23-28-29(38)13-10-14-30(28)39)36(43)24-42(31-21-26(47-2)15-17-33(31)48-3)51(45,46)27-16-18-34(49-4)35(22-27)50-5/h7-18,21-22,32H,6,19-20,23-24H2,1-5H3,(H,40,44)/t32-/m1/s1. The molecule has 4 aromatic rings. The zero-order valence-electron chi connectivity index (χ0n) is 29.0. The van der Waals surface area contributed by atoms with E-state index in [9.17, 15) is 18.0 Å². The molecule has 4 aromatic carbocycles. The van der Waals surface area contributed by atoms with Gasteiger partial charge < -0.3 is 29.2 Å². The summed E-state index contributed by atoms with van der Waals surface area (Å²) in [6.45, 7) is 1.32. The van der Waals surface area contributed by atoms with Crippen LogP contribution in [0.3, 0.4) is 0 Å². The minimum absolute atomic E-state index is 0.0192.